The number of carbonyl (C=O) groups excluding carboxylic acids is 4. The first kappa shape index (κ1) is 36.2. The van der Waals surface area contributed by atoms with E-state index in [1.165, 1.54) is 11.8 Å². The number of rotatable bonds is 13. The van der Waals surface area contributed by atoms with E-state index >= 15 is 0 Å². The van der Waals surface area contributed by atoms with Gasteiger partial charge in [0.1, 0.15) is 10.9 Å². The van der Waals surface area contributed by atoms with Crippen molar-refractivity contribution in [1.82, 2.24) is 5.32 Å². The molecule has 0 saturated heterocycles. The first-order valence-corrected chi connectivity index (χ1v) is 17.1. The summed E-state index contributed by atoms with van der Waals surface area (Å²) in [7, 11) is 3.89. The Bertz CT molecular complexity index is 1980. The Kier molecular flexibility index (Phi) is 12.4. The van der Waals surface area contributed by atoms with Gasteiger partial charge in [-0.3, -0.25) is 14.4 Å². The average molecular weight is 699 g/mol. The summed E-state index contributed by atoms with van der Waals surface area (Å²) in [5.41, 5.74) is 4.51. The van der Waals surface area contributed by atoms with Crippen LogP contribution in [0.15, 0.2) is 144 Å². The molecule has 0 aliphatic carbocycles. The highest BCUT2D eigenvalue weighted by Crippen LogP contribution is 2.37. The SMILES string of the molecule is CCOC(=O)c1ccc(NC(=O)C(Sc2ccc(NC(=O)/C(=C/c3ccc(N(C)C)cc3)NC(=O)c3ccccc3)cc2)c2ccccc2)cc1. The molecule has 3 N–H and O–H groups in total. The lowest BCUT2D eigenvalue weighted by atomic mass is 10.1. The molecule has 0 aliphatic rings. The lowest BCUT2D eigenvalue weighted by Crippen LogP contribution is -2.30. The van der Waals surface area contributed by atoms with E-state index in [9.17, 15) is 19.2 Å². The van der Waals surface area contributed by atoms with Crippen LogP contribution in [0.4, 0.5) is 17.1 Å². The predicted molar refractivity (Wildman–Crippen MR) is 204 cm³/mol. The molecule has 0 aliphatic heterocycles. The quantitative estimate of drug-likeness (QED) is 0.0653. The van der Waals surface area contributed by atoms with E-state index in [0.29, 0.717) is 22.5 Å². The Labute approximate surface area is 301 Å². The van der Waals surface area contributed by atoms with E-state index in [1.807, 2.05) is 91.8 Å². The Balaban J connectivity index is 1.31. The fourth-order valence-corrected chi connectivity index (χ4v) is 5.97. The molecule has 10 heteroatoms. The fraction of sp³-hybridized carbons (Fsp3) is 0.122. The topological polar surface area (TPSA) is 117 Å². The van der Waals surface area contributed by atoms with Crippen LogP contribution in [0.1, 0.15) is 44.0 Å². The fourth-order valence-electron chi connectivity index (χ4n) is 4.94. The Morgan fingerprint density at radius 2 is 1.29 bits per heavy atom. The van der Waals surface area contributed by atoms with Crippen LogP contribution in [0.5, 0.6) is 0 Å². The molecular formula is C41H38N4O5S. The molecule has 5 aromatic rings. The Morgan fingerprint density at radius 1 is 0.706 bits per heavy atom. The van der Waals surface area contributed by atoms with E-state index < -0.39 is 23.0 Å². The number of ether oxygens (including phenoxy) is 1. The molecule has 1 unspecified atom stereocenters. The van der Waals surface area contributed by atoms with E-state index in [1.54, 1.807) is 73.7 Å². The van der Waals surface area contributed by atoms with Gasteiger partial charge in [-0.25, -0.2) is 4.79 Å². The van der Waals surface area contributed by atoms with Crippen molar-refractivity contribution < 1.29 is 23.9 Å². The summed E-state index contributed by atoms with van der Waals surface area (Å²) in [6.45, 7) is 2.02. The van der Waals surface area contributed by atoms with E-state index in [-0.39, 0.29) is 18.2 Å². The van der Waals surface area contributed by atoms with Gasteiger partial charge in [0.05, 0.1) is 12.2 Å². The maximum Gasteiger partial charge on any atom is 0.338 e. The molecular weight excluding hydrogens is 661 g/mol. The average Bonchev–Trinajstić information content (AvgIpc) is 3.15. The van der Waals surface area contributed by atoms with Gasteiger partial charge in [0.25, 0.3) is 11.8 Å². The van der Waals surface area contributed by atoms with Crippen LogP contribution in [-0.4, -0.2) is 44.4 Å². The van der Waals surface area contributed by atoms with Crippen molar-refractivity contribution in [3.63, 3.8) is 0 Å². The number of hydrogen-bond acceptors (Lipinski definition) is 7. The number of anilines is 3. The molecule has 5 rings (SSSR count). The number of carbonyl (C=O) groups is 4. The molecule has 51 heavy (non-hydrogen) atoms. The molecule has 0 fully saturated rings. The first-order chi connectivity index (χ1) is 24.7. The van der Waals surface area contributed by atoms with Gasteiger partial charge < -0.3 is 25.6 Å². The zero-order chi connectivity index (χ0) is 36.2. The predicted octanol–water partition coefficient (Wildman–Crippen LogP) is 7.81. The van der Waals surface area contributed by atoms with Crippen LogP contribution in [-0.2, 0) is 14.3 Å². The van der Waals surface area contributed by atoms with Crippen molar-refractivity contribution in [3.05, 3.63) is 161 Å². The summed E-state index contributed by atoms with van der Waals surface area (Å²) in [6.07, 6.45) is 1.63. The van der Waals surface area contributed by atoms with E-state index in [0.717, 1.165) is 21.7 Å². The number of esters is 1. The molecule has 0 bridgehead atoms. The molecule has 9 nitrogen and oxygen atoms in total. The molecule has 3 amide bonds. The first-order valence-electron chi connectivity index (χ1n) is 16.3. The lowest BCUT2D eigenvalue weighted by Gasteiger charge is -2.18. The van der Waals surface area contributed by atoms with E-state index in [2.05, 4.69) is 16.0 Å². The zero-order valence-electron chi connectivity index (χ0n) is 28.5. The van der Waals surface area contributed by atoms with Gasteiger partial charge in [-0.1, -0.05) is 60.7 Å². The van der Waals surface area contributed by atoms with Crippen molar-refractivity contribution in [2.45, 2.75) is 17.1 Å². The number of thioether (sulfide) groups is 1. The highest BCUT2D eigenvalue weighted by atomic mass is 32.2. The zero-order valence-corrected chi connectivity index (χ0v) is 29.3. The highest BCUT2D eigenvalue weighted by molar-refractivity contribution is 8.00. The standard InChI is InChI=1S/C41H38N4O5S/c1-4-50-41(49)31-17-19-32(20-18-31)43-40(48)37(29-11-7-5-8-12-29)51-35-25-21-33(22-26-35)42-39(47)36(44-38(46)30-13-9-6-10-14-30)27-28-15-23-34(24-16-28)45(2)3/h5-27,37H,4H2,1-3H3,(H,42,47)(H,43,48)(H,44,46)/b36-27-. The third kappa shape index (κ3) is 10.2. The summed E-state index contributed by atoms with van der Waals surface area (Å²) in [5.74, 6) is -1.57. The third-order valence-electron chi connectivity index (χ3n) is 7.62. The summed E-state index contributed by atoms with van der Waals surface area (Å²) in [6, 6.07) is 39.4. The second-order valence-electron chi connectivity index (χ2n) is 11.5. The second kappa shape index (κ2) is 17.5. The number of benzene rings is 5. The number of nitrogens with one attached hydrogen (secondary N) is 3. The Hall–Kier alpha value is -6.13. The minimum absolute atomic E-state index is 0.0796. The minimum Gasteiger partial charge on any atom is -0.462 e. The molecule has 1 atom stereocenters. The molecule has 5 aromatic carbocycles. The summed E-state index contributed by atoms with van der Waals surface area (Å²) in [5, 5.41) is 8.01. The van der Waals surface area contributed by atoms with Gasteiger partial charge in [-0.2, -0.15) is 0 Å². The van der Waals surface area contributed by atoms with Crippen LogP contribution in [0, 0.1) is 0 Å². The third-order valence-corrected chi connectivity index (χ3v) is 8.89. The van der Waals surface area contributed by atoms with Crippen LogP contribution in [0.3, 0.4) is 0 Å². The molecule has 0 heterocycles. The Morgan fingerprint density at radius 3 is 1.90 bits per heavy atom. The van der Waals surface area contributed by atoms with Gasteiger partial charge in [0, 0.05) is 41.6 Å². The highest BCUT2D eigenvalue weighted by Gasteiger charge is 2.23. The van der Waals surface area contributed by atoms with Crippen molar-refractivity contribution >= 4 is 58.6 Å². The maximum atomic E-state index is 13.6. The monoisotopic (exact) mass is 698 g/mol. The molecule has 0 saturated carbocycles. The van der Waals surface area contributed by atoms with Crippen molar-refractivity contribution in [3.8, 4) is 0 Å². The second-order valence-corrected chi connectivity index (χ2v) is 12.7. The molecule has 0 radical (unpaired) electrons. The van der Waals surface area contributed by atoms with Crippen molar-refractivity contribution in [1.29, 1.82) is 0 Å². The minimum atomic E-state index is -0.599. The summed E-state index contributed by atoms with van der Waals surface area (Å²) in [4.78, 5) is 55.0. The van der Waals surface area contributed by atoms with Crippen LogP contribution in [0.2, 0.25) is 0 Å². The number of hydrogen-bond donors (Lipinski definition) is 3. The van der Waals surface area contributed by atoms with Gasteiger partial charge in [0.15, 0.2) is 0 Å². The summed E-state index contributed by atoms with van der Waals surface area (Å²) >= 11 is 1.36. The van der Waals surface area contributed by atoms with E-state index in [4.69, 9.17) is 4.74 Å². The van der Waals surface area contributed by atoms with Gasteiger partial charge >= 0.3 is 5.97 Å². The van der Waals surface area contributed by atoms with Crippen LogP contribution in [0.25, 0.3) is 6.08 Å². The van der Waals surface area contributed by atoms with Gasteiger partial charge in [-0.15, -0.1) is 11.8 Å². The molecule has 0 spiro atoms. The van der Waals surface area contributed by atoms with Crippen molar-refractivity contribution in [2.75, 3.05) is 36.2 Å². The molecule has 0 aromatic heterocycles. The maximum absolute atomic E-state index is 13.6. The summed E-state index contributed by atoms with van der Waals surface area (Å²) < 4.78 is 5.04. The van der Waals surface area contributed by atoms with Crippen LogP contribution >= 0.6 is 11.8 Å². The normalized spacial score (nSPS) is 11.5. The van der Waals surface area contributed by atoms with Crippen LogP contribution < -0.4 is 20.9 Å². The van der Waals surface area contributed by atoms with Gasteiger partial charge in [-0.05, 0) is 96.9 Å². The largest absolute Gasteiger partial charge is 0.462 e. The number of nitrogens with zero attached hydrogens (tertiary/aromatic N) is 1. The lowest BCUT2D eigenvalue weighted by molar-refractivity contribution is -0.116. The number of amides is 3. The molecule has 258 valence electrons. The smallest absolute Gasteiger partial charge is 0.338 e. The van der Waals surface area contributed by atoms with Gasteiger partial charge in [0.2, 0.25) is 5.91 Å². The van der Waals surface area contributed by atoms with Crippen molar-refractivity contribution in [2.24, 2.45) is 0 Å².